The highest BCUT2D eigenvalue weighted by Gasteiger charge is 2.21. The molecule has 0 aliphatic carbocycles. The maximum absolute atomic E-state index is 11.3. The van der Waals surface area contributed by atoms with Crippen molar-refractivity contribution in [3.8, 4) is 0 Å². The van der Waals surface area contributed by atoms with Gasteiger partial charge >= 0.3 is 5.69 Å². The average Bonchev–Trinajstić information content (AvgIpc) is 3.10. The van der Waals surface area contributed by atoms with Gasteiger partial charge in [0.15, 0.2) is 0 Å². The summed E-state index contributed by atoms with van der Waals surface area (Å²) < 4.78 is 2.01. The Morgan fingerprint density at radius 3 is 2.50 bits per heavy atom. The fourth-order valence-electron chi connectivity index (χ4n) is 2.94. The molecule has 0 aromatic heterocycles. The molecule has 0 saturated heterocycles. The molecular weight excluding hydrogens is 364 g/mol. The Hall–Kier alpha value is -3.82. The number of nitro benzene ring substituents is 2. The Kier molecular flexibility index (Phi) is 5.58. The third-order valence-corrected chi connectivity index (χ3v) is 4.41. The van der Waals surface area contributed by atoms with Gasteiger partial charge in [-0.1, -0.05) is 30.3 Å². The van der Waals surface area contributed by atoms with Gasteiger partial charge in [0, 0.05) is 11.6 Å². The Labute approximate surface area is 160 Å². The number of nitro groups is 2. The number of amidine groups is 1. The predicted octanol–water partition coefficient (Wildman–Crippen LogP) is 2.48. The summed E-state index contributed by atoms with van der Waals surface area (Å²) in [6, 6.07) is 12.8. The van der Waals surface area contributed by atoms with Gasteiger partial charge in [0.2, 0.25) is 5.84 Å². The molecule has 0 saturated carbocycles. The summed E-state index contributed by atoms with van der Waals surface area (Å²) in [5.74, 6) is 0.782. The number of benzene rings is 2. The molecule has 1 aliphatic heterocycles. The molecule has 0 fully saturated rings. The zero-order chi connectivity index (χ0) is 20.1. The highest BCUT2D eigenvalue weighted by atomic mass is 16.6. The van der Waals surface area contributed by atoms with E-state index < -0.39 is 15.5 Å². The first-order chi connectivity index (χ1) is 13.5. The van der Waals surface area contributed by atoms with E-state index in [9.17, 15) is 20.2 Å². The summed E-state index contributed by atoms with van der Waals surface area (Å²) in [5.41, 5.74) is 9.52. The van der Waals surface area contributed by atoms with Crippen LogP contribution in [0.5, 0.6) is 0 Å². The molecule has 0 bridgehead atoms. The van der Waals surface area contributed by atoms with Gasteiger partial charge in [0.1, 0.15) is 17.9 Å². The SMILES string of the molecule is NC1=[N+](C/C(=N/Nc2ccc([N+](=O)[O-])cc2[N+](=O)[O-])c2ccccc2)CCC1. The molecule has 10 nitrogen and oxygen atoms in total. The van der Waals surface area contributed by atoms with Crippen LogP contribution in [0.4, 0.5) is 17.1 Å². The van der Waals surface area contributed by atoms with E-state index in [1.54, 1.807) is 0 Å². The fourth-order valence-corrected chi connectivity index (χ4v) is 2.94. The Morgan fingerprint density at radius 2 is 1.89 bits per heavy atom. The topological polar surface area (TPSA) is 140 Å². The van der Waals surface area contributed by atoms with Gasteiger partial charge < -0.3 is 0 Å². The van der Waals surface area contributed by atoms with Crippen LogP contribution in [0.25, 0.3) is 0 Å². The molecular formula is C18H19N6O4+. The molecule has 0 atom stereocenters. The normalized spacial score (nSPS) is 14.2. The Balaban J connectivity index is 1.94. The lowest BCUT2D eigenvalue weighted by molar-refractivity contribution is -0.505. The van der Waals surface area contributed by atoms with Crippen LogP contribution >= 0.6 is 0 Å². The quantitative estimate of drug-likeness (QED) is 0.326. The smallest absolute Gasteiger partial charge is 0.291 e. The Morgan fingerprint density at radius 1 is 1.14 bits per heavy atom. The van der Waals surface area contributed by atoms with E-state index in [-0.39, 0.29) is 11.4 Å². The first-order valence-corrected chi connectivity index (χ1v) is 8.63. The summed E-state index contributed by atoms with van der Waals surface area (Å²) >= 11 is 0. The first-order valence-electron chi connectivity index (χ1n) is 8.63. The highest BCUT2D eigenvalue weighted by Crippen LogP contribution is 2.29. The zero-order valence-electron chi connectivity index (χ0n) is 14.9. The zero-order valence-corrected chi connectivity index (χ0v) is 14.9. The molecule has 0 radical (unpaired) electrons. The second kappa shape index (κ2) is 8.25. The number of hydrogen-bond donors (Lipinski definition) is 2. The van der Waals surface area contributed by atoms with Crippen LogP contribution in [0, 0.1) is 20.2 Å². The average molecular weight is 383 g/mol. The molecule has 3 rings (SSSR count). The van der Waals surface area contributed by atoms with E-state index in [0.717, 1.165) is 36.9 Å². The number of nitrogens with zero attached hydrogens (tertiary/aromatic N) is 4. The summed E-state index contributed by atoms with van der Waals surface area (Å²) in [6.07, 6.45) is 1.79. The van der Waals surface area contributed by atoms with Gasteiger partial charge in [-0.2, -0.15) is 5.10 Å². The van der Waals surface area contributed by atoms with Gasteiger partial charge in [-0.15, -0.1) is 0 Å². The summed E-state index contributed by atoms with van der Waals surface area (Å²) in [6.45, 7) is 1.26. The third-order valence-electron chi connectivity index (χ3n) is 4.41. The lowest BCUT2D eigenvalue weighted by Gasteiger charge is -2.09. The maximum atomic E-state index is 11.3. The Bertz CT molecular complexity index is 971. The van der Waals surface area contributed by atoms with Crippen LogP contribution < -0.4 is 11.2 Å². The van der Waals surface area contributed by atoms with Gasteiger partial charge in [-0.25, -0.2) is 0 Å². The molecule has 28 heavy (non-hydrogen) atoms. The minimum Gasteiger partial charge on any atom is -0.291 e. The number of non-ortho nitro benzene ring substituents is 1. The van der Waals surface area contributed by atoms with Crippen LogP contribution in [0.1, 0.15) is 18.4 Å². The molecule has 1 heterocycles. The van der Waals surface area contributed by atoms with E-state index in [4.69, 9.17) is 5.73 Å². The van der Waals surface area contributed by atoms with Gasteiger partial charge in [0.05, 0.1) is 28.9 Å². The van der Waals surface area contributed by atoms with Crippen LogP contribution in [-0.2, 0) is 0 Å². The molecule has 0 amide bonds. The second-order valence-electron chi connectivity index (χ2n) is 6.27. The predicted molar refractivity (Wildman–Crippen MR) is 105 cm³/mol. The second-order valence-corrected chi connectivity index (χ2v) is 6.27. The van der Waals surface area contributed by atoms with Crippen molar-refractivity contribution >= 4 is 28.6 Å². The van der Waals surface area contributed by atoms with E-state index in [1.165, 1.54) is 12.1 Å². The summed E-state index contributed by atoms with van der Waals surface area (Å²) in [7, 11) is 0. The minimum absolute atomic E-state index is 0.0717. The monoisotopic (exact) mass is 383 g/mol. The van der Waals surface area contributed by atoms with Crippen molar-refractivity contribution in [2.45, 2.75) is 12.8 Å². The molecule has 10 heteroatoms. The van der Waals surface area contributed by atoms with E-state index in [1.807, 2.05) is 34.9 Å². The van der Waals surface area contributed by atoms with Gasteiger partial charge in [-0.3, -0.25) is 36.0 Å². The standard InChI is InChI=1S/C18H18N6O4/c19-18-7-4-10-22(18)12-16(13-5-2-1-3-6-13)21-20-15-9-8-14(23(25)26)11-17(15)24(27)28/h1-3,5-6,8-9,11,19-20H,4,7,10,12H2/p+1/b21-16-. The molecule has 2 aromatic carbocycles. The molecule has 0 unspecified atom stereocenters. The van der Waals surface area contributed by atoms with Crippen LogP contribution in [0.15, 0.2) is 53.6 Å². The molecule has 3 N–H and O–H groups in total. The lowest BCUT2D eigenvalue weighted by atomic mass is 10.1. The summed E-state index contributed by atoms with van der Waals surface area (Å²) in [4.78, 5) is 20.8. The fraction of sp³-hybridized carbons (Fsp3) is 0.222. The minimum atomic E-state index is -0.681. The number of anilines is 1. The van der Waals surface area contributed by atoms with E-state index >= 15 is 0 Å². The van der Waals surface area contributed by atoms with E-state index in [0.29, 0.717) is 12.3 Å². The van der Waals surface area contributed by atoms with Crippen molar-refractivity contribution in [3.05, 3.63) is 74.3 Å². The molecule has 144 valence electrons. The molecule has 0 spiro atoms. The van der Waals surface area contributed by atoms with Crippen molar-refractivity contribution in [2.24, 2.45) is 10.8 Å². The molecule has 1 aliphatic rings. The number of hydrogen-bond acceptors (Lipinski definition) is 7. The maximum Gasteiger partial charge on any atom is 0.301 e. The number of rotatable bonds is 7. The van der Waals surface area contributed by atoms with Crippen molar-refractivity contribution in [1.29, 1.82) is 0 Å². The third kappa shape index (κ3) is 4.29. The largest absolute Gasteiger partial charge is 0.301 e. The van der Waals surface area contributed by atoms with Gasteiger partial charge in [0.25, 0.3) is 5.69 Å². The van der Waals surface area contributed by atoms with Crippen molar-refractivity contribution in [2.75, 3.05) is 18.5 Å². The van der Waals surface area contributed by atoms with Crippen LogP contribution in [0.3, 0.4) is 0 Å². The molecule has 2 aromatic rings. The van der Waals surface area contributed by atoms with Gasteiger partial charge in [-0.05, 0) is 12.5 Å². The van der Waals surface area contributed by atoms with E-state index in [2.05, 4.69) is 10.5 Å². The number of nitrogens with one attached hydrogen (secondary N) is 1. The number of nitrogens with two attached hydrogens (primary N) is 1. The first kappa shape index (κ1) is 19.0. The number of hydrazone groups is 1. The van der Waals surface area contributed by atoms with Crippen molar-refractivity contribution in [1.82, 2.24) is 0 Å². The van der Waals surface area contributed by atoms with Crippen LogP contribution in [0.2, 0.25) is 0 Å². The van der Waals surface area contributed by atoms with Crippen LogP contribution in [-0.4, -0.2) is 39.1 Å². The van der Waals surface area contributed by atoms with Crippen molar-refractivity contribution in [3.63, 3.8) is 0 Å². The lowest BCUT2D eigenvalue weighted by Crippen LogP contribution is -2.28. The summed E-state index contributed by atoms with van der Waals surface area (Å²) in [5, 5.41) is 26.5. The highest BCUT2D eigenvalue weighted by molar-refractivity contribution is 6.02. The van der Waals surface area contributed by atoms with Crippen molar-refractivity contribution < 1.29 is 14.4 Å².